The minimum absolute atomic E-state index is 0.0495. The molecule has 0 heterocycles. The van der Waals surface area contributed by atoms with Gasteiger partial charge in [0.25, 0.3) is 0 Å². The molecule has 0 aliphatic heterocycles. The van der Waals surface area contributed by atoms with Crippen LogP contribution >= 0.6 is 31.9 Å². The molecule has 180 valence electrons. The fraction of sp³-hybridized carbons (Fsp3) is 0.481. The van der Waals surface area contributed by atoms with Crippen LogP contribution in [0.5, 0.6) is 0 Å². The van der Waals surface area contributed by atoms with Gasteiger partial charge in [-0.2, -0.15) is 0 Å². The highest BCUT2D eigenvalue weighted by atomic mass is 79.9. The number of Topliss-reactive ketones (excluding diaryl/α,β-unsaturated/α-hetero) is 1. The molecule has 0 saturated carbocycles. The van der Waals surface area contributed by atoms with Crippen LogP contribution in [0.4, 0.5) is 4.79 Å². The Balaban J connectivity index is 1.85. The van der Waals surface area contributed by atoms with Gasteiger partial charge in [0.1, 0.15) is 6.61 Å². The molecule has 33 heavy (non-hydrogen) atoms. The third-order valence-corrected chi connectivity index (χ3v) is 7.16. The number of nitrogens with zero attached hydrogens (tertiary/aromatic N) is 1. The number of hydrogen-bond acceptors (Lipinski definition) is 3. The van der Waals surface area contributed by atoms with Crippen molar-refractivity contribution in [3.05, 3.63) is 70.2 Å². The predicted molar refractivity (Wildman–Crippen MR) is 142 cm³/mol. The lowest BCUT2D eigenvalue weighted by Gasteiger charge is -2.31. The number of rotatable bonds is 12. The van der Waals surface area contributed by atoms with Crippen LogP contribution in [0, 0.1) is 5.41 Å². The van der Waals surface area contributed by atoms with E-state index < -0.39 is 5.41 Å². The molecule has 4 nitrogen and oxygen atoms in total. The summed E-state index contributed by atoms with van der Waals surface area (Å²) in [5, 5.41) is 0.345. The molecule has 6 heteroatoms. The minimum Gasteiger partial charge on any atom is -0.445 e. The van der Waals surface area contributed by atoms with Crippen molar-refractivity contribution in [1.82, 2.24) is 4.90 Å². The number of halogens is 2. The van der Waals surface area contributed by atoms with Crippen molar-refractivity contribution in [3.63, 3.8) is 0 Å². The summed E-state index contributed by atoms with van der Waals surface area (Å²) in [5.41, 5.74) is 1.45. The number of carbonyl (C=O) groups is 2. The van der Waals surface area contributed by atoms with Crippen LogP contribution in [-0.2, 0) is 21.6 Å². The molecule has 0 fully saturated rings. The molecule has 0 N–H and O–H groups in total. The SMILES string of the molecule is CN(CC(C)(C)CCCCC(C)(C(=O)CBr)c1cccc(Br)c1)C(=O)OCc1ccccc1. The highest BCUT2D eigenvalue weighted by Gasteiger charge is 2.34. The van der Waals surface area contributed by atoms with Crippen molar-refractivity contribution in [1.29, 1.82) is 0 Å². The maximum Gasteiger partial charge on any atom is 0.409 e. The Labute approximate surface area is 215 Å². The second-order valence-electron chi connectivity index (χ2n) is 9.67. The van der Waals surface area contributed by atoms with Crippen molar-refractivity contribution in [2.75, 3.05) is 18.9 Å². The van der Waals surface area contributed by atoms with E-state index in [-0.39, 0.29) is 23.9 Å². The second-order valence-corrected chi connectivity index (χ2v) is 11.1. The topological polar surface area (TPSA) is 46.6 Å². The zero-order valence-electron chi connectivity index (χ0n) is 20.1. The van der Waals surface area contributed by atoms with Crippen LogP contribution in [0.15, 0.2) is 59.1 Å². The van der Waals surface area contributed by atoms with Crippen molar-refractivity contribution >= 4 is 43.7 Å². The van der Waals surface area contributed by atoms with Crippen molar-refractivity contribution in [3.8, 4) is 0 Å². The quantitative estimate of drug-likeness (QED) is 0.192. The Morgan fingerprint density at radius 3 is 2.27 bits per heavy atom. The van der Waals surface area contributed by atoms with Gasteiger partial charge in [0.15, 0.2) is 5.78 Å². The lowest BCUT2D eigenvalue weighted by atomic mass is 9.74. The average Bonchev–Trinajstić information content (AvgIpc) is 2.79. The molecule has 0 aromatic heterocycles. The lowest BCUT2D eigenvalue weighted by Crippen LogP contribution is -2.36. The van der Waals surface area contributed by atoms with E-state index in [2.05, 4.69) is 45.7 Å². The van der Waals surface area contributed by atoms with E-state index in [1.54, 1.807) is 11.9 Å². The number of amides is 1. The zero-order chi connectivity index (χ0) is 24.5. The van der Waals surface area contributed by atoms with Gasteiger partial charge in [-0.15, -0.1) is 0 Å². The van der Waals surface area contributed by atoms with E-state index in [4.69, 9.17) is 4.74 Å². The summed E-state index contributed by atoms with van der Waals surface area (Å²) in [7, 11) is 1.79. The lowest BCUT2D eigenvalue weighted by molar-refractivity contribution is -0.121. The molecule has 0 aliphatic rings. The molecule has 2 aromatic carbocycles. The summed E-state index contributed by atoms with van der Waals surface area (Å²) in [6.07, 6.45) is 3.36. The Hall–Kier alpha value is -1.66. The standard InChI is InChI=1S/C27H35Br2NO3/c1-26(2,20-30(4)25(32)33-19-21-11-6-5-7-12-21)15-8-9-16-27(3,24(31)18-28)22-13-10-14-23(29)17-22/h5-7,10-14,17H,8-9,15-16,18-20H2,1-4H3. The predicted octanol–water partition coefficient (Wildman–Crippen LogP) is 7.53. The number of ether oxygens (including phenoxy) is 1. The Morgan fingerprint density at radius 1 is 0.970 bits per heavy atom. The molecular formula is C27H35Br2NO3. The van der Waals surface area contributed by atoms with E-state index in [0.717, 1.165) is 41.3 Å². The van der Waals surface area contributed by atoms with Crippen LogP contribution in [-0.4, -0.2) is 35.7 Å². The molecule has 1 amide bonds. The molecular weight excluding hydrogens is 546 g/mol. The fourth-order valence-electron chi connectivity index (χ4n) is 4.12. The van der Waals surface area contributed by atoms with E-state index in [1.807, 2.05) is 61.5 Å². The van der Waals surface area contributed by atoms with Gasteiger partial charge in [-0.25, -0.2) is 4.79 Å². The summed E-state index contributed by atoms with van der Waals surface area (Å²) in [5.74, 6) is 0.195. The molecule has 2 rings (SSSR count). The summed E-state index contributed by atoms with van der Waals surface area (Å²) in [6.45, 7) is 7.28. The molecule has 1 unspecified atom stereocenters. The van der Waals surface area contributed by atoms with Crippen molar-refractivity contribution in [2.24, 2.45) is 5.41 Å². The molecule has 0 spiro atoms. The first-order valence-corrected chi connectivity index (χ1v) is 13.3. The average molecular weight is 581 g/mol. The highest BCUT2D eigenvalue weighted by Crippen LogP contribution is 2.34. The van der Waals surface area contributed by atoms with E-state index in [1.165, 1.54) is 0 Å². The first kappa shape index (κ1) is 27.6. The monoisotopic (exact) mass is 579 g/mol. The zero-order valence-corrected chi connectivity index (χ0v) is 23.2. The first-order chi connectivity index (χ1) is 15.6. The van der Waals surface area contributed by atoms with Gasteiger partial charge in [0, 0.05) is 18.1 Å². The van der Waals surface area contributed by atoms with Crippen LogP contribution in [0.1, 0.15) is 57.6 Å². The Bertz CT molecular complexity index is 917. The van der Waals surface area contributed by atoms with Gasteiger partial charge < -0.3 is 9.64 Å². The Morgan fingerprint density at radius 2 is 1.64 bits per heavy atom. The number of benzene rings is 2. The number of alkyl halides is 1. The van der Waals surface area contributed by atoms with Crippen LogP contribution < -0.4 is 0 Å². The third-order valence-electron chi connectivity index (χ3n) is 6.16. The van der Waals surface area contributed by atoms with Gasteiger partial charge in [0.2, 0.25) is 0 Å². The summed E-state index contributed by atoms with van der Waals surface area (Å²) in [6, 6.07) is 17.7. The van der Waals surface area contributed by atoms with Crippen LogP contribution in [0.3, 0.4) is 0 Å². The summed E-state index contributed by atoms with van der Waals surface area (Å²) >= 11 is 6.89. The van der Waals surface area contributed by atoms with Gasteiger partial charge in [-0.3, -0.25) is 4.79 Å². The second kappa shape index (κ2) is 12.7. The maximum absolute atomic E-state index is 12.8. The maximum atomic E-state index is 12.8. The van der Waals surface area contributed by atoms with Gasteiger partial charge in [-0.1, -0.05) is 101 Å². The van der Waals surface area contributed by atoms with Crippen molar-refractivity contribution in [2.45, 2.75) is 58.5 Å². The minimum atomic E-state index is -0.518. The van der Waals surface area contributed by atoms with Crippen LogP contribution in [0.25, 0.3) is 0 Å². The van der Waals surface area contributed by atoms with Gasteiger partial charge in [-0.05, 0) is 48.4 Å². The molecule has 0 bridgehead atoms. The number of hydrogen-bond donors (Lipinski definition) is 0. The Kier molecular flexibility index (Phi) is 10.6. The van der Waals surface area contributed by atoms with Gasteiger partial charge in [0.05, 0.1) is 10.7 Å². The summed E-state index contributed by atoms with van der Waals surface area (Å²) in [4.78, 5) is 26.9. The molecule has 0 radical (unpaired) electrons. The third kappa shape index (κ3) is 8.56. The van der Waals surface area contributed by atoms with E-state index in [9.17, 15) is 9.59 Å². The number of ketones is 1. The van der Waals surface area contributed by atoms with Crippen LogP contribution in [0.2, 0.25) is 0 Å². The fourth-order valence-corrected chi connectivity index (χ4v) is 5.14. The smallest absolute Gasteiger partial charge is 0.409 e. The molecule has 0 saturated heterocycles. The van der Waals surface area contributed by atoms with Crippen molar-refractivity contribution < 1.29 is 14.3 Å². The molecule has 1 atom stereocenters. The van der Waals surface area contributed by atoms with Gasteiger partial charge >= 0.3 is 6.09 Å². The van der Waals surface area contributed by atoms with E-state index in [0.29, 0.717) is 11.9 Å². The first-order valence-electron chi connectivity index (χ1n) is 11.3. The highest BCUT2D eigenvalue weighted by molar-refractivity contribution is 9.10. The number of carbonyl (C=O) groups excluding carboxylic acids is 2. The normalized spacial score (nSPS) is 13.3. The van der Waals surface area contributed by atoms with E-state index >= 15 is 0 Å². The largest absolute Gasteiger partial charge is 0.445 e. The molecule has 0 aliphatic carbocycles. The molecule has 2 aromatic rings. The summed E-state index contributed by atoms with van der Waals surface area (Å²) < 4.78 is 6.43. The number of unbranched alkanes of at least 4 members (excludes halogenated alkanes) is 1.